The zero-order valence-corrected chi connectivity index (χ0v) is 12.1. The van der Waals surface area contributed by atoms with E-state index in [9.17, 15) is 4.79 Å². The van der Waals surface area contributed by atoms with E-state index in [1.165, 1.54) is 26.4 Å². The highest BCUT2D eigenvalue weighted by molar-refractivity contribution is 7.99. The minimum absolute atomic E-state index is 0.394. The molecular formula is C14H20N2O2S. The molecule has 0 radical (unpaired) electrons. The van der Waals surface area contributed by atoms with Crippen molar-refractivity contribution in [3.63, 3.8) is 0 Å². The minimum atomic E-state index is -0.394. The van der Waals surface area contributed by atoms with Crippen molar-refractivity contribution in [3.05, 3.63) is 23.8 Å². The predicted molar refractivity (Wildman–Crippen MR) is 80.8 cm³/mol. The van der Waals surface area contributed by atoms with Crippen LogP contribution in [0, 0.1) is 0 Å². The van der Waals surface area contributed by atoms with Gasteiger partial charge < -0.3 is 15.8 Å². The third kappa shape index (κ3) is 3.15. The molecule has 0 bridgehead atoms. The van der Waals surface area contributed by atoms with E-state index in [-0.39, 0.29) is 0 Å². The van der Waals surface area contributed by atoms with Crippen LogP contribution in [0.5, 0.6) is 0 Å². The first-order chi connectivity index (χ1) is 9.15. The van der Waals surface area contributed by atoms with E-state index in [0.717, 1.165) is 5.69 Å². The topological polar surface area (TPSA) is 64.3 Å². The lowest BCUT2D eigenvalue weighted by Gasteiger charge is -2.21. The molecule has 0 heterocycles. The molecule has 1 aliphatic carbocycles. The van der Waals surface area contributed by atoms with Crippen LogP contribution in [0.15, 0.2) is 18.2 Å². The maximum atomic E-state index is 11.6. The van der Waals surface area contributed by atoms with E-state index >= 15 is 0 Å². The normalized spacial score (nSPS) is 22.2. The Morgan fingerprint density at radius 1 is 1.47 bits per heavy atom. The van der Waals surface area contributed by atoms with Crippen LogP contribution < -0.4 is 11.1 Å². The average molecular weight is 280 g/mol. The van der Waals surface area contributed by atoms with E-state index in [1.54, 1.807) is 12.1 Å². The SMILES string of the molecule is COC(=O)c1cc(NC2CCCC2SC)ccc1N. The van der Waals surface area contributed by atoms with Crippen LogP contribution in [0.4, 0.5) is 11.4 Å². The molecule has 1 aromatic carbocycles. The van der Waals surface area contributed by atoms with Crippen LogP contribution in [0.3, 0.4) is 0 Å². The Balaban J connectivity index is 2.15. The third-order valence-corrected chi connectivity index (χ3v) is 4.74. The van der Waals surface area contributed by atoms with Crippen LogP contribution >= 0.6 is 11.8 Å². The zero-order chi connectivity index (χ0) is 13.8. The largest absolute Gasteiger partial charge is 0.465 e. The molecule has 1 fully saturated rings. The smallest absolute Gasteiger partial charge is 0.340 e. The molecule has 19 heavy (non-hydrogen) atoms. The number of methoxy groups -OCH3 is 1. The fourth-order valence-electron chi connectivity index (χ4n) is 2.52. The van der Waals surface area contributed by atoms with Gasteiger partial charge >= 0.3 is 5.97 Å². The van der Waals surface area contributed by atoms with Gasteiger partial charge in [-0.05, 0) is 37.3 Å². The van der Waals surface area contributed by atoms with E-state index in [0.29, 0.717) is 22.5 Å². The summed E-state index contributed by atoms with van der Waals surface area (Å²) in [5, 5.41) is 4.14. The van der Waals surface area contributed by atoms with Gasteiger partial charge in [0.25, 0.3) is 0 Å². The second-order valence-corrected chi connectivity index (χ2v) is 5.83. The molecule has 0 aromatic heterocycles. The molecule has 4 nitrogen and oxygen atoms in total. The molecule has 0 aliphatic heterocycles. The summed E-state index contributed by atoms with van der Waals surface area (Å²) in [6, 6.07) is 5.90. The van der Waals surface area contributed by atoms with E-state index in [4.69, 9.17) is 10.5 Å². The summed E-state index contributed by atoms with van der Waals surface area (Å²) in [6.45, 7) is 0. The number of esters is 1. The Kier molecular flexibility index (Phi) is 4.58. The maximum absolute atomic E-state index is 11.6. The molecule has 3 N–H and O–H groups in total. The second kappa shape index (κ2) is 6.19. The van der Waals surface area contributed by atoms with Crippen LogP contribution in [-0.4, -0.2) is 30.6 Å². The predicted octanol–water partition coefficient (Wildman–Crippen LogP) is 2.75. The lowest BCUT2D eigenvalue weighted by molar-refractivity contribution is 0.0602. The summed E-state index contributed by atoms with van der Waals surface area (Å²) in [5.41, 5.74) is 7.60. The minimum Gasteiger partial charge on any atom is -0.465 e. The number of hydrogen-bond acceptors (Lipinski definition) is 5. The molecule has 5 heteroatoms. The Bertz CT molecular complexity index is 465. The molecule has 1 saturated carbocycles. The number of hydrogen-bond donors (Lipinski definition) is 2. The van der Waals surface area contributed by atoms with E-state index in [2.05, 4.69) is 11.6 Å². The fraction of sp³-hybridized carbons (Fsp3) is 0.500. The number of nitrogen functional groups attached to an aromatic ring is 1. The highest BCUT2D eigenvalue weighted by atomic mass is 32.2. The van der Waals surface area contributed by atoms with Crippen molar-refractivity contribution in [1.82, 2.24) is 0 Å². The summed E-state index contributed by atoms with van der Waals surface area (Å²) in [4.78, 5) is 11.6. The molecule has 2 rings (SSSR count). The Morgan fingerprint density at radius 3 is 2.95 bits per heavy atom. The average Bonchev–Trinajstić information content (AvgIpc) is 2.87. The van der Waals surface area contributed by atoms with Gasteiger partial charge in [0.2, 0.25) is 0 Å². The van der Waals surface area contributed by atoms with Gasteiger partial charge in [0.05, 0.1) is 12.7 Å². The molecule has 0 saturated heterocycles. The molecule has 0 spiro atoms. The number of ether oxygens (including phenoxy) is 1. The van der Waals surface area contributed by atoms with Crippen molar-refractivity contribution in [2.24, 2.45) is 0 Å². The molecule has 1 aromatic rings. The second-order valence-electron chi connectivity index (χ2n) is 4.75. The van der Waals surface area contributed by atoms with Crippen molar-refractivity contribution < 1.29 is 9.53 Å². The molecule has 0 amide bonds. The van der Waals surface area contributed by atoms with Gasteiger partial charge in [-0.25, -0.2) is 4.79 Å². The summed E-state index contributed by atoms with van der Waals surface area (Å²) in [5.74, 6) is -0.394. The number of carbonyl (C=O) groups is 1. The van der Waals surface area contributed by atoms with Gasteiger partial charge in [0, 0.05) is 22.7 Å². The zero-order valence-electron chi connectivity index (χ0n) is 11.3. The van der Waals surface area contributed by atoms with Crippen LogP contribution in [-0.2, 0) is 4.74 Å². The monoisotopic (exact) mass is 280 g/mol. The first-order valence-corrected chi connectivity index (χ1v) is 7.71. The van der Waals surface area contributed by atoms with Crippen LogP contribution in [0.1, 0.15) is 29.6 Å². The maximum Gasteiger partial charge on any atom is 0.340 e. The van der Waals surface area contributed by atoms with Gasteiger partial charge in [-0.2, -0.15) is 11.8 Å². The number of carbonyl (C=O) groups excluding carboxylic acids is 1. The van der Waals surface area contributed by atoms with Gasteiger partial charge in [-0.3, -0.25) is 0 Å². The van der Waals surface area contributed by atoms with Gasteiger partial charge in [0.15, 0.2) is 0 Å². The number of anilines is 2. The molecule has 104 valence electrons. The lowest BCUT2D eigenvalue weighted by atomic mass is 10.1. The summed E-state index contributed by atoms with van der Waals surface area (Å²) >= 11 is 1.90. The number of nitrogens with two attached hydrogens (primary N) is 1. The molecule has 1 aliphatic rings. The molecular weight excluding hydrogens is 260 g/mol. The number of nitrogens with one attached hydrogen (secondary N) is 1. The molecule has 2 atom stereocenters. The lowest BCUT2D eigenvalue weighted by Crippen LogP contribution is -2.25. The summed E-state index contributed by atoms with van der Waals surface area (Å²) < 4.78 is 4.73. The van der Waals surface area contributed by atoms with Crippen molar-refractivity contribution in [2.45, 2.75) is 30.6 Å². The van der Waals surface area contributed by atoms with Crippen molar-refractivity contribution in [3.8, 4) is 0 Å². The Labute approximate surface area is 118 Å². The van der Waals surface area contributed by atoms with Gasteiger partial charge in [-0.15, -0.1) is 0 Å². The van der Waals surface area contributed by atoms with Crippen LogP contribution in [0.25, 0.3) is 0 Å². The number of thioether (sulfide) groups is 1. The fourth-order valence-corrected chi connectivity index (χ4v) is 3.46. The highest BCUT2D eigenvalue weighted by Gasteiger charge is 2.26. The van der Waals surface area contributed by atoms with Crippen molar-refractivity contribution in [2.75, 3.05) is 24.4 Å². The third-order valence-electron chi connectivity index (χ3n) is 3.57. The summed E-state index contributed by atoms with van der Waals surface area (Å²) in [7, 11) is 1.36. The number of benzene rings is 1. The summed E-state index contributed by atoms with van der Waals surface area (Å²) in [6.07, 6.45) is 5.82. The van der Waals surface area contributed by atoms with Crippen molar-refractivity contribution >= 4 is 29.1 Å². The standard InChI is InChI=1S/C14H20N2O2S/c1-18-14(17)10-8-9(6-7-11(10)15)16-12-4-3-5-13(12)19-2/h6-8,12-13,16H,3-5,15H2,1-2H3. The first kappa shape index (κ1) is 14.1. The van der Waals surface area contributed by atoms with Crippen molar-refractivity contribution in [1.29, 1.82) is 0 Å². The Morgan fingerprint density at radius 2 is 2.26 bits per heavy atom. The quantitative estimate of drug-likeness (QED) is 0.656. The van der Waals surface area contributed by atoms with Crippen LogP contribution in [0.2, 0.25) is 0 Å². The van der Waals surface area contributed by atoms with Gasteiger partial charge in [0.1, 0.15) is 0 Å². The van der Waals surface area contributed by atoms with E-state index < -0.39 is 5.97 Å². The number of rotatable bonds is 4. The highest BCUT2D eigenvalue weighted by Crippen LogP contribution is 2.31. The molecule has 2 unspecified atom stereocenters. The van der Waals surface area contributed by atoms with E-state index in [1.807, 2.05) is 17.8 Å². The Hall–Kier alpha value is -1.36. The van der Waals surface area contributed by atoms with Gasteiger partial charge in [-0.1, -0.05) is 6.42 Å². The first-order valence-electron chi connectivity index (χ1n) is 6.43.